The van der Waals surface area contributed by atoms with Crippen LogP contribution in [0.1, 0.15) is 18.3 Å². The fourth-order valence-electron chi connectivity index (χ4n) is 1.33. The number of hydrogen-bond acceptors (Lipinski definition) is 2. The molecular weight excluding hydrogens is 174 g/mol. The molecule has 0 atom stereocenters. The number of nitrogens with zero attached hydrogens (tertiary/aromatic N) is 3. The summed E-state index contributed by atoms with van der Waals surface area (Å²) < 4.78 is 1.81. The minimum absolute atomic E-state index is 0.879. The molecule has 0 aliphatic carbocycles. The number of hydrogen-bond donors (Lipinski definition) is 0. The summed E-state index contributed by atoms with van der Waals surface area (Å²) in [6.45, 7) is 4.07. The summed E-state index contributed by atoms with van der Waals surface area (Å²) in [5.41, 5.74) is 2.10. The lowest BCUT2D eigenvalue weighted by Gasteiger charge is -2.00. The van der Waals surface area contributed by atoms with Gasteiger partial charge in [-0.3, -0.25) is 0 Å². The third-order valence-electron chi connectivity index (χ3n) is 2.11. The fraction of sp³-hybridized carbons (Fsp3) is 0.273. The van der Waals surface area contributed by atoms with Gasteiger partial charge in [0.2, 0.25) is 0 Å². The van der Waals surface area contributed by atoms with Crippen molar-refractivity contribution >= 4 is 0 Å². The normalized spacial score (nSPS) is 10.4. The van der Waals surface area contributed by atoms with Crippen LogP contribution in [0.4, 0.5) is 0 Å². The molecule has 0 radical (unpaired) electrons. The van der Waals surface area contributed by atoms with Gasteiger partial charge < -0.3 is 0 Å². The van der Waals surface area contributed by atoms with Crippen LogP contribution in [0.25, 0.3) is 5.82 Å². The fourth-order valence-corrected chi connectivity index (χ4v) is 1.33. The van der Waals surface area contributed by atoms with Gasteiger partial charge in [0.25, 0.3) is 0 Å². The van der Waals surface area contributed by atoms with Crippen LogP contribution < -0.4 is 0 Å². The Bertz CT molecular complexity index is 432. The molecule has 0 amide bonds. The smallest absolute Gasteiger partial charge is 0.153 e. The minimum Gasteiger partial charge on any atom is -0.234 e. The van der Waals surface area contributed by atoms with Gasteiger partial charge in [0.1, 0.15) is 0 Å². The van der Waals surface area contributed by atoms with E-state index in [1.165, 1.54) is 0 Å². The molecule has 0 bridgehead atoms. The number of aromatic nitrogens is 3. The molecule has 0 fully saturated rings. The van der Waals surface area contributed by atoms with E-state index in [9.17, 15) is 0 Å². The van der Waals surface area contributed by atoms with E-state index in [0.29, 0.717) is 0 Å². The lowest BCUT2D eigenvalue weighted by Crippen LogP contribution is -1.99. The third-order valence-corrected chi connectivity index (χ3v) is 2.11. The molecule has 0 saturated heterocycles. The molecule has 0 aliphatic rings. The van der Waals surface area contributed by atoms with Gasteiger partial charge in [-0.25, -0.2) is 9.67 Å². The average Bonchev–Trinajstić information content (AvgIpc) is 2.66. The Morgan fingerprint density at radius 1 is 1.29 bits per heavy atom. The van der Waals surface area contributed by atoms with Crippen LogP contribution in [-0.4, -0.2) is 14.8 Å². The Balaban J connectivity index is 2.39. The second-order valence-electron chi connectivity index (χ2n) is 3.24. The van der Waals surface area contributed by atoms with E-state index >= 15 is 0 Å². The van der Waals surface area contributed by atoms with Crippen molar-refractivity contribution in [3.05, 3.63) is 41.9 Å². The van der Waals surface area contributed by atoms with Crippen LogP contribution in [0.15, 0.2) is 30.5 Å². The van der Waals surface area contributed by atoms with Crippen molar-refractivity contribution < 1.29 is 0 Å². The van der Waals surface area contributed by atoms with E-state index < -0.39 is 0 Å². The zero-order valence-electron chi connectivity index (χ0n) is 8.44. The van der Waals surface area contributed by atoms with Gasteiger partial charge in [0.05, 0.1) is 5.69 Å². The lowest BCUT2D eigenvalue weighted by atomic mass is 10.3. The maximum absolute atomic E-state index is 4.39. The zero-order chi connectivity index (χ0) is 9.97. The zero-order valence-corrected chi connectivity index (χ0v) is 8.44. The van der Waals surface area contributed by atoms with Crippen LogP contribution in [0.3, 0.4) is 0 Å². The highest BCUT2D eigenvalue weighted by Gasteiger charge is 2.00. The number of rotatable bonds is 2. The van der Waals surface area contributed by atoms with Crippen molar-refractivity contribution in [2.45, 2.75) is 20.3 Å². The lowest BCUT2D eigenvalue weighted by molar-refractivity contribution is 0.812. The second kappa shape index (κ2) is 3.62. The van der Waals surface area contributed by atoms with Crippen LogP contribution >= 0.6 is 0 Å². The van der Waals surface area contributed by atoms with Gasteiger partial charge in [-0.1, -0.05) is 13.0 Å². The van der Waals surface area contributed by atoms with Crippen LogP contribution in [0.5, 0.6) is 0 Å². The van der Waals surface area contributed by atoms with Crippen molar-refractivity contribution in [1.82, 2.24) is 14.8 Å². The highest BCUT2D eigenvalue weighted by molar-refractivity contribution is 5.23. The molecule has 2 aromatic rings. The molecule has 14 heavy (non-hydrogen) atoms. The Morgan fingerprint density at radius 3 is 2.79 bits per heavy atom. The van der Waals surface area contributed by atoms with E-state index in [0.717, 1.165) is 23.6 Å². The summed E-state index contributed by atoms with van der Waals surface area (Å²) in [6.07, 6.45) is 2.90. The van der Waals surface area contributed by atoms with Crippen LogP contribution in [0.2, 0.25) is 0 Å². The highest BCUT2D eigenvalue weighted by Crippen LogP contribution is 2.05. The largest absolute Gasteiger partial charge is 0.234 e. The first-order valence-electron chi connectivity index (χ1n) is 4.78. The molecule has 3 nitrogen and oxygen atoms in total. The summed E-state index contributed by atoms with van der Waals surface area (Å²) in [7, 11) is 0. The van der Waals surface area contributed by atoms with Gasteiger partial charge >= 0.3 is 0 Å². The highest BCUT2D eigenvalue weighted by atomic mass is 15.3. The molecular formula is C11H13N3. The van der Waals surface area contributed by atoms with Gasteiger partial charge in [0, 0.05) is 11.9 Å². The topological polar surface area (TPSA) is 30.7 Å². The molecule has 3 heteroatoms. The first-order valence-corrected chi connectivity index (χ1v) is 4.78. The summed E-state index contributed by atoms with van der Waals surface area (Å²) in [6, 6.07) is 7.95. The van der Waals surface area contributed by atoms with E-state index in [4.69, 9.17) is 0 Å². The Kier molecular flexibility index (Phi) is 2.31. The SMILES string of the molecule is CCc1ccn(-c2cccc(C)n2)n1. The maximum atomic E-state index is 4.39. The molecule has 0 saturated carbocycles. The van der Waals surface area contributed by atoms with Crippen molar-refractivity contribution in [3.63, 3.8) is 0 Å². The molecule has 2 heterocycles. The minimum atomic E-state index is 0.879. The molecule has 72 valence electrons. The van der Waals surface area contributed by atoms with Crippen molar-refractivity contribution in [2.24, 2.45) is 0 Å². The second-order valence-corrected chi connectivity index (χ2v) is 3.24. The van der Waals surface area contributed by atoms with Gasteiger partial charge in [-0.05, 0) is 31.5 Å². The molecule has 0 unspecified atom stereocenters. The van der Waals surface area contributed by atoms with E-state index in [2.05, 4.69) is 17.0 Å². The molecule has 0 aromatic carbocycles. The Morgan fingerprint density at radius 2 is 2.14 bits per heavy atom. The average molecular weight is 187 g/mol. The summed E-state index contributed by atoms with van der Waals surface area (Å²) in [5, 5.41) is 4.39. The standard InChI is InChI=1S/C11H13N3/c1-3-10-7-8-14(13-10)11-6-4-5-9(2)12-11/h4-8H,3H2,1-2H3. The van der Waals surface area contributed by atoms with E-state index in [-0.39, 0.29) is 0 Å². The van der Waals surface area contributed by atoms with Crippen molar-refractivity contribution in [2.75, 3.05) is 0 Å². The molecule has 0 aliphatic heterocycles. The summed E-state index contributed by atoms with van der Waals surface area (Å²) >= 11 is 0. The molecule has 2 aromatic heterocycles. The monoisotopic (exact) mass is 187 g/mol. The summed E-state index contributed by atoms with van der Waals surface area (Å²) in [4.78, 5) is 4.39. The van der Waals surface area contributed by atoms with Crippen LogP contribution in [0, 0.1) is 6.92 Å². The van der Waals surface area contributed by atoms with E-state index in [1.807, 2.05) is 42.1 Å². The third kappa shape index (κ3) is 1.66. The van der Waals surface area contributed by atoms with Crippen LogP contribution in [-0.2, 0) is 6.42 Å². The predicted octanol–water partition coefficient (Wildman–Crippen LogP) is 2.14. The Hall–Kier alpha value is -1.64. The quantitative estimate of drug-likeness (QED) is 0.721. The first kappa shape index (κ1) is 8.94. The van der Waals surface area contributed by atoms with E-state index in [1.54, 1.807) is 0 Å². The summed E-state index contributed by atoms with van der Waals surface area (Å²) in [5.74, 6) is 0.879. The van der Waals surface area contributed by atoms with Gasteiger partial charge in [-0.2, -0.15) is 5.10 Å². The maximum Gasteiger partial charge on any atom is 0.153 e. The van der Waals surface area contributed by atoms with Crippen molar-refractivity contribution in [1.29, 1.82) is 0 Å². The molecule has 0 spiro atoms. The number of pyridine rings is 1. The molecule has 0 N–H and O–H groups in total. The predicted molar refractivity (Wildman–Crippen MR) is 55.5 cm³/mol. The molecule has 2 rings (SSSR count). The van der Waals surface area contributed by atoms with Crippen molar-refractivity contribution in [3.8, 4) is 5.82 Å². The number of aryl methyl sites for hydroxylation is 2. The van der Waals surface area contributed by atoms with Gasteiger partial charge in [-0.15, -0.1) is 0 Å². The van der Waals surface area contributed by atoms with Gasteiger partial charge in [0.15, 0.2) is 5.82 Å². The first-order chi connectivity index (χ1) is 6.79. The Labute approximate surface area is 83.4 Å².